The lowest BCUT2D eigenvalue weighted by Gasteiger charge is -2.23. The Hall–Kier alpha value is -1.55. The molecule has 0 aromatic heterocycles. The van der Waals surface area contributed by atoms with E-state index in [0.29, 0.717) is 17.7 Å². The number of rotatable bonds is 3. The Labute approximate surface area is 107 Å². The molecule has 2 rings (SSSR count). The van der Waals surface area contributed by atoms with Crippen LogP contribution in [-0.4, -0.2) is 29.8 Å². The van der Waals surface area contributed by atoms with E-state index in [0.717, 1.165) is 19.4 Å². The molecule has 1 heterocycles. The fourth-order valence-electron chi connectivity index (χ4n) is 2.21. The molecule has 0 saturated carbocycles. The van der Waals surface area contributed by atoms with Crippen molar-refractivity contribution in [3.05, 3.63) is 29.3 Å². The average Bonchev–Trinajstić information content (AvgIpc) is 2.77. The SMILES string of the molecule is Cc1c(O)cccc1C(=O)NCC1(C)CCCO1. The monoisotopic (exact) mass is 249 g/mol. The second-order valence-corrected chi connectivity index (χ2v) is 5.03. The van der Waals surface area contributed by atoms with Crippen LogP contribution in [0.15, 0.2) is 18.2 Å². The second-order valence-electron chi connectivity index (χ2n) is 5.03. The maximum atomic E-state index is 12.0. The third-order valence-electron chi connectivity index (χ3n) is 3.47. The highest BCUT2D eigenvalue weighted by atomic mass is 16.5. The van der Waals surface area contributed by atoms with Gasteiger partial charge in [0.2, 0.25) is 0 Å². The van der Waals surface area contributed by atoms with Gasteiger partial charge in [0.25, 0.3) is 5.91 Å². The average molecular weight is 249 g/mol. The van der Waals surface area contributed by atoms with Gasteiger partial charge in [0.15, 0.2) is 0 Å². The molecule has 1 aliphatic rings. The van der Waals surface area contributed by atoms with Gasteiger partial charge in [-0.25, -0.2) is 0 Å². The molecule has 1 saturated heterocycles. The van der Waals surface area contributed by atoms with Crippen LogP contribution in [0.5, 0.6) is 5.75 Å². The number of phenols is 1. The van der Waals surface area contributed by atoms with E-state index in [1.54, 1.807) is 25.1 Å². The largest absolute Gasteiger partial charge is 0.508 e. The van der Waals surface area contributed by atoms with Crippen molar-refractivity contribution in [3.8, 4) is 5.75 Å². The van der Waals surface area contributed by atoms with Gasteiger partial charge in [-0.05, 0) is 38.8 Å². The third-order valence-corrected chi connectivity index (χ3v) is 3.47. The van der Waals surface area contributed by atoms with Crippen LogP contribution in [0.2, 0.25) is 0 Å². The van der Waals surface area contributed by atoms with E-state index in [9.17, 15) is 9.90 Å². The fraction of sp³-hybridized carbons (Fsp3) is 0.500. The number of ether oxygens (including phenoxy) is 1. The molecule has 4 heteroatoms. The number of hydrogen-bond acceptors (Lipinski definition) is 3. The first-order valence-electron chi connectivity index (χ1n) is 6.23. The van der Waals surface area contributed by atoms with Crippen LogP contribution in [0.25, 0.3) is 0 Å². The van der Waals surface area contributed by atoms with Crippen molar-refractivity contribution in [2.75, 3.05) is 13.2 Å². The minimum absolute atomic E-state index is 0.144. The molecule has 0 bridgehead atoms. The molecule has 1 aromatic rings. The molecule has 1 aromatic carbocycles. The maximum Gasteiger partial charge on any atom is 0.251 e. The van der Waals surface area contributed by atoms with Gasteiger partial charge < -0.3 is 15.2 Å². The zero-order valence-electron chi connectivity index (χ0n) is 10.8. The van der Waals surface area contributed by atoms with Gasteiger partial charge in [-0.2, -0.15) is 0 Å². The number of aromatic hydroxyl groups is 1. The standard InChI is InChI=1S/C14H19NO3/c1-10-11(5-3-6-12(10)16)13(17)15-9-14(2)7-4-8-18-14/h3,5-6,16H,4,7-9H2,1-2H3,(H,15,17). The van der Waals surface area contributed by atoms with Gasteiger partial charge in [0, 0.05) is 24.3 Å². The molecule has 4 nitrogen and oxygen atoms in total. The summed E-state index contributed by atoms with van der Waals surface area (Å²) in [6, 6.07) is 4.96. The van der Waals surface area contributed by atoms with E-state index in [-0.39, 0.29) is 17.3 Å². The normalized spacial score (nSPS) is 23.0. The van der Waals surface area contributed by atoms with Crippen LogP contribution < -0.4 is 5.32 Å². The summed E-state index contributed by atoms with van der Waals surface area (Å²) in [6.45, 7) is 5.01. The van der Waals surface area contributed by atoms with Gasteiger partial charge in [-0.1, -0.05) is 6.07 Å². The summed E-state index contributed by atoms with van der Waals surface area (Å²) in [7, 11) is 0. The van der Waals surface area contributed by atoms with Gasteiger partial charge in [0.05, 0.1) is 5.60 Å². The van der Waals surface area contributed by atoms with Crippen molar-refractivity contribution >= 4 is 5.91 Å². The first-order chi connectivity index (χ1) is 8.52. The van der Waals surface area contributed by atoms with Gasteiger partial charge in [0.1, 0.15) is 5.75 Å². The summed E-state index contributed by atoms with van der Waals surface area (Å²) in [5.74, 6) is -0.0221. The van der Waals surface area contributed by atoms with E-state index in [1.807, 2.05) is 6.92 Å². The highest BCUT2D eigenvalue weighted by Gasteiger charge is 2.30. The first-order valence-corrected chi connectivity index (χ1v) is 6.23. The molecular weight excluding hydrogens is 230 g/mol. The van der Waals surface area contributed by atoms with Crippen molar-refractivity contribution < 1.29 is 14.6 Å². The number of carbonyl (C=O) groups is 1. The van der Waals surface area contributed by atoms with Gasteiger partial charge in [-0.15, -0.1) is 0 Å². The van der Waals surface area contributed by atoms with Crippen LogP contribution in [0.3, 0.4) is 0 Å². The molecule has 18 heavy (non-hydrogen) atoms. The number of nitrogens with one attached hydrogen (secondary N) is 1. The highest BCUT2D eigenvalue weighted by molar-refractivity contribution is 5.96. The summed E-state index contributed by atoms with van der Waals surface area (Å²) in [5, 5.41) is 12.4. The Morgan fingerprint density at radius 3 is 3.00 bits per heavy atom. The van der Waals surface area contributed by atoms with Gasteiger partial charge in [-0.3, -0.25) is 4.79 Å². The summed E-state index contributed by atoms with van der Waals surface area (Å²) in [5.41, 5.74) is 0.865. The van der Waals surface area contributed by atoms with Crippen molar-refractivity contribution in [3.63, 3.8) is 0 Å². The Bertz CT molecular complexity index is 450. The number of phenolic OH excluding ortho intramolecular Hbond substituents is 1. The van der Waals surface area contributed by atoms with Crippen LogP contribution in [-0.2, 0) is 4.74 Å². The summed E-state index contributed by atoms with van der Waals surface area (Å²) in [4.78, 5) is 12.0. The third kappa shape index (κ3) is 2.64. The zero-order valence-corrected chi connectivity index (χ0v) is 10.8. The smallest absolute Gasteiger partial charge is 0.251 e. The Kier molecular flexibility index (Phi) is 3.57. The molecule has 1 unspecified atom stereocenters. The minimum atomic E-state index is -0.250. The van der Waals surface area contributed by atoms with E-state index < -0.39 is 0 Å². The highest BCUT2D eigenvalue weighted by Crippen LogP contribution is 2.24. The topological polar surface area (TPSA) is 58.6 Å². The van der Waals surface area contributed by atoms with Gasteiger partial charge >= 0.3 is 0 Å². The molecule has 98 valence electrons. The molecule has 1 atom stereocenters. The van der Waals surface area contributed by atoms with Crippen LogP contribution in [0, 0.1) is 6.92 Å². The molecule has 2 N–H and O–H groups in total. The molecular formula is C14H19NO3. The zero-order chi connectivity index (χ0) is 13.2. The molecule has 0 radical (unpaired) electrons. The lowest BCUT2D eigenvalue weighted by atomic mass is 10.0. The van der Waals surface area contributed by atoms with E-state index in [4.69, 9.17) is 4.74 Å². The predicted molar refractivity (Wildman–Crippen MR) is 68.8 cm³/mol. The predicted octanol–water partition coefficient (Wildman–Crippen LogP) is 2.00. The Morgan fingerprint density at radius 2 is 2.33 bits per heavy atom. The van der Waals surface area contributed by atoms with Crippen molar-refractivity contribution in [2.45, 2.75) is 32.3 Å². The van der Waals surface area contributed by atoms with E-state index >= 15 is 0 Å². The second kappa shape index (κ2) is 4.98. The fourth-order valence-corrected chi connectivity index (χ4v) is 2.21. The molecule has 1 amide bonds. The number of carbonyl (C=O) groups excluding carboxylic acids is 1. The Morgan fingerprint density at radius 1 is 1.56 bits per heavy atom. The van der Waals surface area contributed by atoms with Crippen LogP contribution >= 0.6 is 0 Å². The number of benzene rings is 1. The summed E-state index contributed by atoms with van der Waals surface area (Å²) >= 11 is 0. The van der Waals surface area contributed by atoms with Crippen LogP contribution in [0.1, 0.15) is 35.7 Å². The van der Waals surface area contributed by atoms with Crippen molar-refractivity contribution in [1.82, 2.24) is 5.32 Å². The lowest BCUT2D eigenvalue weighted by Crippen LogP contribution is -2.40. The molecule has 1 aliphatic heterocycles. The van der Waals surface area contributed by atoms with E-state index in [2.05, 4.69) is 5.32 Å². The lowest BCUT2D eigenvalue weighted by molar-refractivity contribution is 0.0206. The summed E-state index contributed by atoms with van der Waals surface area (Å²) < 4.78 is 5.62. The van der Waals surface area contributed by atoms with E-state index in [1.165, 1.54) is 0 Å². The maximum absolute atomic E-state index is 12.0. The quantitative estimate of drug-likeness (QED) is 0.861. The first kappa shape index (κ1) is 12.9. The number of hydrogen-bond donors (Lipinski definition) is 2. The Balaban J connectivity index is 2.01. The molecule has 0 aliphatic carbocycles. The molecule has 0 spiro atoms. The van der Waals surface area contributed by atoms with Crippen molar-refractivity contribution in [1.29, 1.82) is 0 Å². The molecule has 1 fully saturated rings. The van der Waals surface area contributed by atoms with Crippen molar-refractivity contribution in [2.24, 2.45) is 0 Å². The van der Waals surface area contributed by atoms with Crippen LogP contribution in [0.4, 0.5) is 0 Å². The minimum Gasteiger partial charge on any atom is -0.508 e. The summed E-state index contributed by atoms with van der Waals surface area (Å²) in [6.07, 6.45) is 2.00. The number of amides is 1.